The van der Waals surface area contributed by atoms with Crippen molar-refractivity contribution in [3.8, 4) is 5.75 Å². The van der Waals surface area contributed by atoms with E-state index in [1.54, 1.807) is 31.4 Å². The highest BCUT2D eigenvalue weighted by Gasteiger charge is 2.07. The summed E-state index contributed by atoms with van der Waals surface area (Å²) in [5.41, 5.74) is 6.82. The van der Waals surface area contributed by atoms with E-state index >= 15 is 0 Å². The van der Waals surface area contributed by atoms with Crippen LogP contribution >= 0.6 is 0 Å². The molecule has 8 nitrogen and oxygen atoms in total. The zero-order valence-corrected chi connectivity index (χ0v) is 13.8. The molecular formula is C16H22N6O2. The molecule has 1 heterocycles. The topological polar surface area (TPSA) is 114 Å². The zero-order chi connectivity index (χ0) is 17.4. The minimum atomic E-state index is -0.429. The number of hydrogen-bond donors (Lipinski definition) is 4. The Morgan fingerprint density at radius 1 is 1.25 bits per heavy atom. The molecule has 0 saturated carbocycles. The average molecular weight is 330 g/mol. The van der Waals surface area contributed by atoms with Crippen molar-refractivity contribution in [3.05, 3.63) is 36.0 Å². The van der Waals surface area contributed by atoms with Gasteiger partial charge in [-0.3, -0.25) is 5.32 Å². The lowest BCUT2D eigenvalue weighted by molar-refractivity contribution is 0.262. The highest BCUT2D eigenvalue weighted by atomic mass is 16.5. The van der Waals surface area contributed by atoms with Gasteiger partial charge in [-0.1, -0.05) is 6.07 Å². The molecule has 2 amide bonds. The summed E-state index contributed by atoms with van der Waals surface area (Å²) in [6.45, 7) is 3.15. The first-order valence-electron chi connectivity index (χ1n) is 7.62. The number of nitrogens with two attached hydrogens (primary N) is 1. The highest BCUT2D eigenvalue weighted by Crippen LogP contribution is 2.17. The summed E-state index contributed by atoms with van der Waals surface area (Å²) in [6, 6.07) is 8.45. The number of nitrogens with one attached hydrogen (secondary N) is 3. The molecular weight excluding hydrogens is 308 g/mol. The number of rotatable bonds is 7. The molecule has 1 aromatic carbocycles. The first-order chi connectivity index (χ1) is 11.6. The van der Waals surface area contributed by atoms with E-state index in [0.717, 1.165) is 12.1 Å². The Balaban J connectivity index is 1.99. The van der Waals surface area contributed by atoms with Gasteiger partial charge in [-0.25, -0.2) is 9.78 Å². The zero-order valence-electron chi connectivity index (χ0n) is 13.8. The molecule has 8 heteroatoms. The molecule has 128 valence electrons. The van der Waals surface area contributed by atoms with Gasteiger partial charge in [0, 0.05) is 30.1 Å². The Morgan fingerprint density at radius 3 is 2.83 bits per heavy atom. The van der Waals surface area contributed by atoms with Crippen LogP contribution in [0.3, 0.4) is 0 Å². The number of urea groups is 1. The molecule has 0 saturated heterocycles. The molecule has 0 bridgehead atoms. The number of hydrogen-bond acceptors (Lipinski definition) is 6. The van der Waals surface area contributed by atoms with Crippen LogP contribution in [-0.2, 0) is 0 Å². The van der Waals surface area contributed by atoms with E-state index in [1.165, 1.54) is 0 Å². The van der Waals surface area contributed by atoms with Crippen LogP contribution in [0.2, 0.25) is 0 Å². The molecule has 0 spiro atoms. The second-order valence-corrected chi connectivity index (χ2v) is 5.10. The van der Waals surface area contributed by atoms with Gasteiger partial charge < -0.3 is 21.1 Å². The maximum Gasteiger partial charge on any atom is 0.326 e. The van der Waals surface area contributed by atoms with Crippen LogP contribution in [0.5, 0.6) is 5.75 Å². The standard InChI is InChI=1S/C16H22N6O2/c1-11-9-14(18-8-4-7-17)21-15(19-11)22-16(23)20-12-5-3-6-13(10-12)24-2/h3,5-6,9-10H,4,7-8,17H2,1-2H3,(H3,18,19,20,21,22,23). The van der Waals surface area contributed by atoms with Gasteiger partial charge in [0.25, 0.3) is 0 Å². The van der Waals surface area contributed by atoms with Crippen molar-refractivity contribution in [2.24, 2.45) is 5.73 Å². The van der Waals surface area contributed by atoms with Gasteiger partial charge in [0.1, 0.15) is 11.6 Å². The van der Waals surface area contributed by atoms with Crippen molar-refractivity contribution in [2.45, 2.75) is 13.3 Å². The summed E-state index contributed by atoms with van der Waals surface area (Å²) in [5, 5.41) is 8.48. The second-order valence-electron chi connectivity index (χ2n) is 5.10. The third-order valence-corrected chi connectivity index (χ3v) is 3.09. The number of nitrogens with zero attached hydrogens (tertiary/aromatic N) is 2. The normalized spacial score (nSPS) is 10.1. The Hall–Kier alpha value is -2.87. The number of anilines is 3. The number of benzene rings is 1. The first kappa shape index (κ1) is 17.5. The fraction of sp³-hybridized carbons (Fsp3) is 0.312. The van der Waals surface area contributed by atoms with Crippen LogP contribution in [0.4, 0.5) is 22.2 Å². The molecule has 0 aliphatic rings. The molecule has 24 heavy (non-hydrogen) atoms. The monoisotopic (exact) mass is 330 g/mol. The van der Waals surface area contributed by atoms with Crippen LogP contribution in [0.15, 0.2) is 30.3 Å². The number of carbonyl (C=O) groups excluding carboxylic acids is 1. The van der Waals surface area contributed by atoms with Crippen molar-refractivity contribution in [1.29, 1.82) is 0 Å². The summed E-state index contributed by atoms with van der Waals surface area (Å²) in [7, 11) is 1.57. The van der Waals surface area contributed by atoms with E-state index in [1.807, 2.05) is 13.0 Å². The Kier molecular flexibility index (Phi) is 6.32. The Labute approximate surface area is 140 Å². The van der Waals surface area contributed by atoms with E-state index in [0.29, 0.717) is 30.3 Å². The summed E-state index contributed by atoms with van der Waals surface area (Å²) >= 11 is 0. The summed E-state index contributed by atoms with van der Waals surface area (Å²) < 4.78 is 5.12. The van der Waals surface area contributed by atoms with Gasteiger partial charge in [-0.2, -0.15) is 4.98 Å². The molecule has 5 N–H and O–H groups in total. The lowest BCUT2D eigenvalue weighted by atomic mass is 10.3. The van der Waals surface area contributed by atoms with Crippen LogP contribution in [-0.4, -0.2) is 36.2 Å². The molecule has 2 aromatic rings. The predicted molar refractivity (Wildman–Crippen MR) is 94.6 cm³/mol. The third kappa shape index (κ3) is 5.40. The van der Waals surface area contributed by atoms with Gasteiger partial charge >= 0.3 is 6.03 Å². The quantitative estimate of drug-likeness (QED) is 0.579. The van der Waals surface area contributed by atoms with E-state index in [4.69, 9.17) is 10.5 Å². The first-order valence-corrected chi connectivity index (χ1v) is 7.62. The van der Waals surface area contributed by atoms with Gasteiger partial charge in [0.15, 0.2) is 0 Å². The van der Waals surface area contributed by atoms with Gasteiger partial charge in [-0.15, -0.1) is 0 Å². The Bertz CT molecular complexity index is 692. The smallest absolute Gasteiger partial charge is 0.326 e. The van der Waals surface area contributed by atoms with Crippen LogP contribution in [0.1, 0.15) is 12.1 Å². The maximum absolute atomic E-state index is 12.1. The van der Waals surface area contributed by atoms with Gasteiger partial charge in [0.05, 0.1) is 7.11 Å². The van der Waals surface area contributed by atoms with Crippen LogP contribution in [0.25, 0.3) is 0 Å². The summed E-state index contributed by atoms with van der Waals surface area (Å²) in [4.78, 5) is 20.6. The molecule has 0 radical (unpaired) electrons. The molecule has 0 unspecified atom stereocenters. The largest absolute Gasteiger partial charge is 0.497 e. The minimum absolute atomic E-state index is 0.227. The fourth-order valence-corrected chi connectivity index (χ4v) is 2.00. The SMILES string of the molecule is COc1cccc(NC(=O)Nc2nc(C)cc(NCCCN)n2)c1. The molecule has 0 aliphatic carbocycles. The van der Waals surface area contributed by atoms with Crippen LogP contribution < -0.4 is 26.4 Å². The number of amides is 2. The van der Waals surface area contributed by atoms with Crippen molar-refractivity contribution in [3.63, 3.8) is 0 Å². The van der Waals surface area contributed by atoms with E-state index < -0.39 is 6.03 Å². The van der Waals surface area contributed by atoms with E-state index in [2.05, 4.69) is 25.9 Å². The number of aryl methyl sites for hydroxylation is 1. The van der Waals surface area contributed by atoms with Crippen LogP contribution in [0, 0.1) is 6.92 Å². The molecule has 0 aliphatic heterocycles. The maximum atomic E-state index is 12.1. The highest BCUT2D eigenvalue weighted by molar-refractivity contribution is 5.98. The molecule has 0 fully saturated rings. The number of ether oxygens (including phenoxy) is 1. The third-order valence-electron chi connectivity index (χ3n) is 3.09. The average Bonchev–Trinajstić information content (AvgIpc) is 2.54. The van der Waals surface area contributed by atoms with Crippen molar-refractivity contribution < 1.29 is 9.53 Å². The molecule has 2 rings (SSSR count). The summed E-state index contributed by atoms with van der Waals surface area (Å²) in [5.74, 6) is 1.53. The number of aromatic nitrogens is 2. The van der Waals surface area contributed by atoms with Gasteiger partial charge in [-0.05, 0) is 32.0 Å². The summed E-state index contributed by atoms with van der Waals surface area (Å²) in [6.07, 6.45) is 0.835. The van der Waals surface area contributed by atoms with Crippen molar-refractivity contribution in [2.75, 3.05) is 36.1 Å². The minimum Gasteiger partial charge on any atom is -0.497 e. The fourth-order valence-electron chi connectivity index (χ4n) is 2.00. The lowest BCUT2D eigenvalue weighted by Crippen LogP contribution is -2.21. The predicted octanol–water partition coefficient (Wildman–Crippen LogP) is 2.20. The second kappa shape index (κ2) is 8.68. The number of carbonyl (C=O) groups is 1. The van der Waals surface area contributed by atoms with E-state index in [-0.39, 0.29) is 5.95 Å². The number of methoxy groups -OCH3 is 1. The van der Waals surface area contributed by atoms with Crippen molar-refractivity contribution >= 4 is 23.5 Å². The Morgan fingerprint density at radius 2 is 2.08 bits per heavy atom. The van der Waals surface area contributed by atoms with E-state index in [9.17, 15) is 4.79 Å². The lowest BCUT2D eigenvalue weighted by Gasteiger charge is -2.10. The van der Waals surface area contributed by atoms with Gasteiger partial charge in [0.2, 0.25) is 5.95 Å². The molecule has 0 atom stereocenters. The van der Waals surface area contributed by atoms with Crippen molar-refractivity contribution in [1.82, 2.24) is 9.97 Å². The molecule has 1 aromatic heterocycles.